The van der Waals surface area contributed by atoms with Crippen LogP contribution >= 0.6 is 23.4 Å². The van der Waals surface area contributed by atoms with Crippen LogP contribution in [-0.2, 0) is 4.79 Å². The number of aryl methyl sites for hydroxylation is 3. The lowest BCUT2D eigenvalue weighted by Gasteiger charge is -2.22. The number of tetrazole rings is 1. The van der Waals surface area contributed by atoms with Crippen molar-refractivity contribution in [2.75, 3.05) is 17.2 Å². The molecule has 0 saturated carbocycles. The largest absolute Gasteiger partial charge is 0.311 e. The van der Waals surface area contributed by atoms with E-state index in [9.17, 15) is 4.79 Å². The number of benzene rings is 2. The van der Waals surface area contributed by atoms with Gasteiger partial charge in [0, 0.05) is 17.3 Å². The molecule has 154 valence electrons. The zero-order valence-electron chi connectivity index (χ0n) is 17.0. The molecule has 0 fully saturated rings. The quantitative estimate of drug-likeness (QED) is 0.509. The van der Waals surface area contributed by atoms with Crippen molar-refractivity contribution in [3.8, 4) is 11.8 Å². The van der Waals surface area contributed by atoms with E-state index in [1.54, 1.807) is 21.7 Å². The number of carbonyl (C=O) groups is 1. The summed E-state index contributed by atoms with van der Waals surface area (Å²) in [6, 6.07) is 13.5. The van der Waals surface area contributed by atoms with Crippen LogP contribution in [0, 0.1) is 32.1 Å². The number of rotatable bonds is 7. The fourth-order valence-electron chi connectivity index (χ4n) is 2.85. The highest BCUT2D eigenvalue weighted by molar-refractivity contribution is 7.99. The number of aromatic nitrogens is 4. The number of halogens is 1. The van der Waals surface area contributed by atoms with Crippen LogP contribution in [0.15, 0.2) is 41.6 Å². The molecule has 0 bridgehead atoms. The second kappa shape index (κ2) is 9.74. The van der Waals surface area contributed by atoms with Crippen LogP contribution in [0.5, 0.6) is 0 Å². The second-order valence-electron chi connectivity index (χ2n) is 6.82. The monoisotopic (exact) mass is 440 g/mol. The van der Waals surface area contributed by atoms with Gasteiger partial charge in [-0.05, 0) is 78.2 Å². The van der Waals surface area contributed by atoms with Gasteiger partial charge in [0.15, 0.2) is 0 Å². The molecular weight excluding hydrogens is 420 g/mol. The lowest BCUT2D eigenvalue weighted by molar-refractivity contribution is -0.116. The van der Waals surface area contributed by atoms with E-state index in [0.29, 0.717) is 22.4 Å². The Kier molecular flexibility index (Phi) is 7.08. The maximum atomic E-state index is 13.0. The molecule has 0 aliphatic heterocycles. The molecule has 1 amide bonds. The fourth-order valence-corrected chi connectivity index (χ4v) is 3.73. The van der Waals surface area contributed by atoms with E-state index in [-0.39, 0.29) is 18.1 Å². The fraction of sp³-hybridized carbons (Fsp3) is 0.286. The van der Waals surface area contributed by atoms with Crippen LogP contribution in [0.2, 0.25) is 5.02 Å². The maximum Gasteiger partial charge on any atom is 0.237 e. The van der Waals surface area contributed by atoms with Crippen LogP contribution < -0.4 is 4.90 Å². The number of hydrogen-bond acceptors (Lipinski definition) is 6. The maximum absolute atomic E-state index is 13.0. The van der Waals surface area contributed by atoms with Gasteiger partial charge in [0.25, 0.3) is 0 Å². The highest BCUT2D eigenvalue weighted by Crippen LogP contribution is 2.25. The Labute approximate surface area is 184 Å². The Morgan fingerprint density at radius 3 is 2.67 bits per heavy atom. The van der Waals surface area contributed by atoms with Crippen LogP contribution in [0.1, 0.15) is 23.1 Å². The van der Waals surface area contributed by atoms with Crippen molar-refractivity contribution in [3.63, 3.8) is 0 Å². The van der Waals surface area contributed by atoms with Crippen molar-refractivity contribution in [2.45, 2.75) is 32.3 Å². The first kappa shape index (κ1) is 21.8. The molecule has 3 rings (SSSR count). The minimum atomic E-state index is -0.133. The van der Waals surface area contributed by atoms with Gasteiger partial charge in [-0.15, -0.1) is 5.10 Å². The standard InChI is InChI=1S/C21H21ClN6OS/c1-14-5-6-18(11-15(14)2)28-21(24-25-26-28)30-13-20(29)27(10-4-9-23)17-7-8-19(22)16(3)12-17/h5-8,11-12H,4,10,13H2,1-3H3. The van der Waals surface area contributed by atoms with E-state index < -0.39 is 0 Å². The summed E-state index contributed by atoms with van der Waals surface area (Å²) in [6.45, 7) is 6.26. The topological polar surface area (TPSA) is 87.7 Å². The highest BCUT2D eigenvalue weighted by Gasteiger charge is 2.19. The van der Waals surface area contributed by atoms with Crippen molar-refractivity contribution >= 4 is 35.0 Å². The molecule has 7 nitrogen and oxygen atoms in total. The summed E-state index contributed by atoms with van der Waals surface area (Å²) >= 11 is 7.37. The van der Waals surface area contributed by atoms with E-state index >= 15 is 0 Å². The lowest BCUT2D eigenvalue weighted by atomic mass is 10.1. The van der Waals surface area contributed by atoms with E-state index in [2.05, 4.69) is 21.6 Å². The number of hydrogen-bond donors (Lipinski definition) is 0. The second-order valence-corrected chi connectivity index (χ2v) is 8.17. The lowest BCUT2D eigenvalue weighted by Crippen LogP contribution is -2.33. The molecule has 0 N–H and O–H groups in total. The molecular formula is C21H21ClN6OS. The molecule has 2 aromatic carbocycles. The smallest absolute Gasteiger partial charge is 0.237 e. The van der Waals surface area contributed by atoms with Gasteiger partial charge in [-0.25, -0.2) is 0 Å². The third-order valence-corrected chi connectivity index (χ3v) is 6.03. The summed E-state index contributed by atoms with van der Waals surface area (Å²) in [7, 11) is 0. The summed E-state index contributed by atoms with van der Waals surface area (Å²) in [5.41, 5.74) is 4.74. The zero-order valence-corrected chi connectivity index (χ0v) is 18.5. The molecule has 0 atom stereocenters. The van der Waals surface area contributed by atoms with E-state index in [4.69, 9.17) is 16.9 Å². The van der Waals surface area contributed by atoms with E-state index in [1.807, 2.05) is 45.0 Å². The minimum Gasteiger partial charge on any atom is -0.311 e. The SMILES string of the molecule is Cc1ccc(-n2nnnc2SCC(=O)N(CCC#N)c2ccc(Cl)c(C)c2)cc1C. The van der Waals surface area contributed by atoms with Gasteiger partial charge < -0.3 is 4.90 Å². The normalized spacial score (nSPS) is 10.6. The molecule has 0 aliphatic carbocycles. The van der Waals surface area contributed by atoms with Gasteiger partial charge in [0.05, 0.1) is 23.9 Å². The molecule has 0 unspecified atom stereocenters. The van der Waals surface area contributed by atoms with Gasteiger partial charge in [0.2, 0.25) is 11.1 Å². The first-order chi connectivity index (χ1) is 14.4. The Hall–Kier alpha value is -2.89. The molecule has 1 aromatic heterocycles. The van der Waals surface area contributed by atoms with Gasteiger partial charge in [-0.1, -0.05) is 29.4 Å². The average Bonchev–Trinajstić information content (AvgIpc) is 3.20. The third-order valence-electron chi connectivity index (χ3n) is 4.70. The summed E-state index contributed by atoms with van der Waals surface area (Å²) in [5, 5.41) is 22.0. The van der Waals surface area contributed by atoms with Crippen LogP contribution in [0.25, 0.3) is 5.69 Å². The van der Waals surface area contributed by atoms with Crippen molar-refractivity contribution in [3.05, 3.63) is 58.1 Å². The number of anilines is 1. The molecule has 0 saturated heterocycles. The first-order valence-electron chi connectivity index (χ1n) is 9.33. The average molecular weight is 441 g/mol. The molecule has 3 aromatic rings. The molecule has 1 heterocycles. The number of carbonyl (C=O) groups excluding carboxylic acids is 1. The van der Waals surface area contributed by atoms with E-state index in [1.165, 1.54) is 17.3 Å². The predicted molar refractivity (Wildman–Crippen MR) is 118 cm³/mol. The predicted octanol–water partition coefficient (Wildman–Crippen LogP) is 4.28. The third kappa shape index (κ3) is 4.99. The molecule has 30 heavy (non-hydrogen) atoms. The van der Waals surface area contributed by atoms with E-state index in [0.717, 1.165) is 16.8 Å². The Bertz CT molecular complexity index is 1110. The zero-order chi connectivity index (χ0) is 21.7. The molecule has 0 spiro atoms. The van der Waals surface area contributed by atoms with Crippen LogP contribution in [0.4, 0.5) is 5.69 Å². The van der Waals surface area contributed by atoms with Crippen LogP contribution in [0.3, 0.4) is 0 Å². The number of nitriles is 1. The van der Waals surface area contributed by atoms with Crippen molar-refractivity contribution in [1.82, 2.24) is 20.2 Å². The number of nitrogens with zero attached hydrogens (tertiary/aromatic N) is 6. The number of thioether (sulfide) groups is 1. The Balaban J connectivity index is 1.77. The van der Waals surface area contributed by atoms with Gasteiger partial charge in [-0.2, -0.15) is 9.94 Å². The summed E-state index contributed by atoms with van der Waals surface area (Å²) in [6.07, 6.45) is 0.235. The highest BCUT2D eigenvalue weighted by atomic mass is 35.5. The van der Waals surface area contributed by atoms with Crippen molar-refractivity contribution in [2.24, 2.45) is 0 Å². The minimum absolute atomic E-state index is 0.133. The molecule has 0 aliphatic rings. The van der Waals surface area contributed by atoms with Crippen molar-refractivity contribution in [1.29, 1.82) is 5.26 Å². The first-order valence-corrected chi connectivity index (χ1v) is 10.7. The number of amides is 1. The van der Waals surface area contributed by atoms with Gasteiger partial charge >= 0.3 is 0 Å². The van der Waals surface area contributed by atoms with Crippen molar-refractivity contribution < 1.29 is 4.79 Å². The van der Waals surface area contributed by atoms with Gasteiger partial charge in [0.1, 0.15) is 0 Å². The Morgan fingerprint density at radius 2 is 1.97 bits per heavy atom. The molecule has 0 radical (unpaired) electrons. The Morgan fingerprint density at radius 1 is 1.17 bits per heavy atom. The summed E-state index contributed by atoms with van der Waals surface area (Å²) in [5.74, 6) is 0.00445. The summed E-state index contributed by atoms with van der Waals surface area (Å²) in [4.78, 5) is 14.6. The molecule has 9 heteroatoms. The summed E-state index contributed by atoms with van der Waals surface area (Å²) < 4.78 is 1.62. The van der Waals surface area contributed by atoms with Gasteiger partial charge in [-0.3, -0.25) is 4.79 Å². The van der Waals surface area contributed by atoms with Crippen LogP contribution in [-0.4, -0.2) is 38.4 Å².